The van der Waals surface area contributed by atoms with Crippen LogP contribution in [0.4, 0.5) is 0 Å². The first-order valence-corrected chi connectivity index (χ1v) is 7.48. The summed E-state index contributed by atoms with van der Waals surface area (Å²) in [6.45, 7) is 4.89. The quantitative estimate of drug-likeness (QED) is 0.674. The molecule has 0 aliphatic carbocycles. The van der Waals surface area contributed by atoms with Gasteiger partial charge in [-0.1, -0.05) is 6.92 Å². The molecule has 90 valence electrons. The molecule has 1 rings (SSSR count). The summed E-state index contributed by atoms with van der Waals surface area (Å²) in [5.74, 6) is 1.76. The molecule has 0 spiro atoms. The van der Waals surface area contributed by atoms with E-state index in [0.29, 0.717) is 6.04 Å². The Morgan fingerprint density at radius 3 is 2.73 bits per heavy atom. The Morgan fingerprint density at radius 1 is 1.33 bits per heavy atom. The predicted molar refractivity (Wildman–Crippen MR) is 64.6 cm³/mol. The first kappa shape index (κ1) is 13.1. The average Bonchev–Trinajstić information content (AvgIpc) is 2.26. The lowest BCUT2D eigenvalue weighted by molar-refractivity contribution is 0.131. The van der Waals surface area contributed by atoms with Crippen molar-refractivity contribution in [2.24, 2.45) is 0 Å². The van der Waals surface area contributed by atoms with Crippen molar-refractivity contribution in [3.8, 4) is 0 Å². The van der Waals surface area contributed by atoms with Gasteiger partial charge in [0.1, 0.15) is 0 Å². The van der Waals surface area contributed by atoms with Crippen LogP contribution in [0.3, 0.4) is 0 Å². The third-order valence-corrected chi connectivity index (χ3v) is 4.02. The van der Waals surface area contributed by atoms with Gasteiger partial charge in [0.2, 0.25) is 0 Å². The number of hydrogen-bond donors (Lipinski definition) is 1. The lowest BCUT2D eigenvalue weighted by Gasteiger charge is -2.22. The van der Waals surface area contributed by atoms with Crippen LogP contribution in [-0.4, -0.2) is 41.5 Å². The molecule has 0 aromatic carbocycles. The van der Waals surface area contributed by atoms with Gasteiger partial charge in [-0.2, -0.15) is 0 Å². The first-order valence-electron chi connectivity index (χ1n) is 5.99. The molecule has 0 unspecified atom stereocenters. The molecule has 3 nitrogen and oxygen atoms in total. The van der Waals surface area contributed by atoms with Crippen molar-refractivity contribution < 1.29 is 8.95 Å². The summed E-state index contributed by atoms with van der Waals surface area (Å²) < 4.78 is 16.5. The summed E-state index contributed by atoms with van der Waals surface area (Å²) in [6.07, 6.45) is 4.33. The second-order valence-corrected chi connectivity index (χ2v) is 5.74. The Balaban J connectivity index is 1.89. The van der Waals surface area contributed by atoms with E-state index in [1.165, 1.54) is 0 Å². The van der Waals surface area contributed by atoms with Gasteiger partial charge < -0.3 is 10.1 Å². The van der Waals surface area contributed by atoms with E-state index in [2.05, 4.69) is 12.2 Å². The first-order chi connectivity index (χ1) is 7.33. The zero-order valence-corrected chi connectivity index (χ0v) is 10.5. The Kier molecular flexibility index (Phi) is 7.22. The lowest BCUT2D eigenvalue weighted by atomic mass is 10.1. The minimum Gasteiger partial charge on any atom is -0.381 e. The van der Waals surface area contributed by atoms with Crippen molar-refractivity contribution in [2.45, 2.75) is 38.6 Å². The maximum Gasteiger partial charge on any atom is 0.0478 e. The largest absolute Gasteiger partial charge is 0.381 e. The molecule has 4 heteroatoms. The minimum atomic E-state index is -0.537. The third kappa shape index (κ3) is 6.28. The number of nitrogens with one attached hydrogen (secondary N) is 1. The average molecular weight is 233 g/mol. The molecule has 0 radical (unpaired) electrons. The smallest absolute Gasteiger partial charge is 0.0478 e. The fraction of sp³-hybridized carbons (Fsp3) is 1.00. The highest BCUT2D eigenvalue weighted by Crippen LogP contribution is 2.08. The van der Waals surface area contributed by atoms with Gasteiger partial charge in [-0.3, -0.25) is 4.21 Å². The highest BCUT2D eigenvalue weighted by Gasteiger charge is 2.16. The Bertz CT molecular complexity index is 177. The molecule has 1 fully saturated rings. The monoisotopic (exact) mass is 233 g/mol. The van der Waals surface area contributed by atoms with Crippen LogP contribution >= 0.6 is 0 Å². The topological polar surface area (TPSA) is 38.3 Å². The van der Waals surface area contributed by atoms with Gasteiger partial charge in [0.15, 0.2) is 0 Å². The molecule has 1 aliphatic heterocycles. The molecule has 1 saturated heterocycles. The van der Waals surface area contributed by atoms with E-state index >= 15 is 0 Å². The van der Waals surface area contributed by atoms with Gasteiger partial charge in [-0.15, -0.1) is 0 Å². The summed E-state index contributed by atoms with van der Waals surface area (Å²) >= 11 is 0. The van der Waals surface area contributed by atoms with Crippen molar-refractivity contribution in [1.82, 2.24) is 5.32 Å². The second-order valence-electron chi connectivity index (χ2n) is 4.04. The van der Waals surface area contributed by atoms with Crippen LogP contribution in [0.2, 0.25) is 0 Å². The third-order valence-electron chi connectivity index (χ3n) is 2.63. The molecule has 1 N–H and O–H groups in total. The predicted octanol–water partition coefficient (Wildman–Crippen LogP) is 1.30. The summed E-state index contributed by atoms with van der Waals surface area (Å²) in [5.41, 5.74) is 0. The van der Waals surface area contributed by atoms with Gasteiger partial charge in [0.05, 0.1) is 0 Å². The summed E-state index contributed by atoms with van der Waals surface area (Å²) in [5, 5.41) is 3.50. The van der Waals surface area contributed by atoms with Gasteiger partial charge in [0, 0.05) is 41.6 Å². The molecule has 1 heterocycles. The van der Waals surface area contributed by atoms with Crippen molar-refractivity contribution in [2.75, 3.05) is 31.3 Å². The van der Waals surface area contributed by atoms with Gasteiger partial charge in [-0.05, 0) is 32.2 Å². The van der Waals surface area contributed by atoms with E-state index < -0.39 is 10.8 Å². The van der Waals surface area contributed by atoms with Crippen LogP contribution in [-0.2, 0) is 15.5 Å². The maximum absolute atomic E-state index is 11.1. The van der Waals surface area contributed by atoms with Crippen LogP contribution in [0.25, 0.3) is 0 Å². The Morgan fingerprint density at radius 2 is 2.07 bits per heavy atom. The van der Waals surface area contributed by atoms with Crippen LogP contribution < -0.4 is 5.32 Å². The number of hydrogen-bond acceptors (Lipinski definition) is 3. The number of rotatable bonds is 7. The van der Waals surface area contributed by atoms with Crippen molar-refractivity contribution in [3.05, 3.63) is 0 Å². The summed E-state index contributed by atoms with van der Waals surface area (Å²) in [7, 11) is -0.537. The van der Waals surface area contributed by atoms with Crippen molar-refractivity contribution in [1.29, 1.82) is 0 Å². The molecular formula is C11H23NO2S. The van der Waals surface area contributed by atoms with E-state index in [1.54, 1.807) is 0 Å². The zero-order chi connectivity index (χ0) is 10.9. The van der Waals surface area contributed by atoms with Crippen LogP contribution in [0.15, 0.2) is 0 Å². The van der Waals surface area contributed by atoms with Gasteiger partial charge in [-0.25, -0.2) is 0 Å². The van der Waals surface area contributed by atoms with E-state index in [-0.39, 0.29) is 0 Å². The fourth-order valence-corrected chi connectivity index (χ4v) is 3.02. The van der Waals surface area contributed by atoms with Crippen LogP contribution in [0, 0.1) is 0 Å². The molecule has 0 aromatic rings. The Hall–Kier alpha value is 0.0700. The van der Waals surface area contributed by atoms with E-state index in [0.717, 1.165) is 56.9 Å². The molecule has 0 aromatic heterocycles. The highest BCUT2D eigenvalue weighted by atomic mass is 32.2. The second kappa shape index (κ2) is 8.25. The fourth-order valence-electron chi connectivity index (χ4n) is 1.72. The maximum atomic E-state index is 11.1. The van der Waals surface area contributed by atoms with E-state index in [4.69, 9.17) is 4.74 Å². The van der Waals surface area contributed by atoms with Crippen molar-refractivity contribution in [3.63, 3.8) is 0 Å². The standard InChI is InChI=1S/C11H23NO2S/c1-2-7-14-8-3-6-12-11-4-9-15(13)10-5-11/h11-12H,2-10H2,1H3. The van der Waals surface area contributed by atoms with Crippen LogP contribution in [0.5, 0.6) is 0 Å². The lowest BCUT2D eigenvalue weighted by Crippen LogP contribution is -2.36. The molecule has 15 heavy (non-hydrogen) atoms. The molecule has 0 atom stereocenters. The van der Waals surface area contributed by atoms with E-state index in [9.17, 15) is 4.21 Å². The summed E-state index contributed by atoms with van der Waals surface area (Å²) in [4.78, 5) is 0. The Labute approximate surface area is 95.4 Å². The van der Waals surface area contributed by atoms with Gasteiger partial charge in [0.25, 0.3) is 0 Å². The minimum absolute atomic E-state index is 0.537. The molecule has 0 saturated carbocycles. The zero-order valence-electron chi connectivity index (χ0n) is 9.67. The molecular weight excluding hydrogens is 210 g/mol. The SMILES string of the molecule is CCCOCCCNC1CCS(=O)CC1. The van der Waals surface area contributed by atoms with Gasteiger partial charge >= 0.3 is 0 Å². The van der Waals surface area contributed by atoms with Crippen LogP contribution in [0.1, 0.15) is 32.6 Å². The summed E-state index contributed by atoms with van der Waals surface area (Å²) in [6, 6.07) is 0.592. The number of ether oxygens (including phenoxy) is 1. The normalized spacial score (nSPS) is 26.7. The van der Waals surface area contributed by atoms with E-state index in [1.807, 2.05) is 0 Å². The molecule has 0 bridgehead atoms. The molecule has 0 amide bonds. The van der Waals surface area contributed by atoms with Crippen molar-refractivity contribution >= 4 is 10.8 Å². The molecule has 1 aliphatic rings. The highest BCUT2D eigenvalue weighted by molar-refractivity contribution is 7.85.